The molecule has 0 radical (unpaired) electrons. The van der Waals surface area contributed by atoms with Crippen LogP contribution in [0.5, 0.6) is 0 Å². The van der Waals surface area contributed by atoms with Crippen LogP contribution in [0.3, 0.4) is 0 Å². The van der Waals surface area contributed by atoms with Crippen molar-refractivity contribution in [2.24, 2.45) is 0 Å². The van der Waals surface area contributed by atoms with Gasteiger partial charge in [-0.15, -0.1) is 0 Å². The average molecular weight is 269 g/mol. The number of para-hydroxylation sites is 1. The molecule has 0 spiro atoms. The Bertz CT molecular complexity index is 558. The summed E-state index contributed by atoms with van der Waals surface area (Å²) in [4.78, 5) is 2.41. The zero-order chi connectivity index (χ0) is 13.8. The third kappa shape index (κ3) is 3.38. The lowest BCUT2D eigenvalue weighted by atomic mass is 10.0. The van der Waals surface area contributed by atoms with E-state index < -0.39 is 0 Å². The Labute approximate surface area is 120 Å². The predicted octanol–water partition coefficient (Wildman–Crippen LogP) is 4.21. The molecule has 1 saturated heterocycles. The number of halogens is 1. The van der Waals surface area contributed by atoms with Gasteiger partial charge < -0.3 is 4.90 Å². The zero-order valence-electron chi connectivity index (χ0n) is 11.7. The molecular weight excluding hydrogens is 249 g/mol. The summed E-state index contributed by atoms with van der Waals surface area (Å²) in [6, 6.07) is 15.6. The molecule has 2 heteroatoms. The molecule has 1 heterocycles. The molecule has 0 N–H and O–H groups in total. The van der Waals surface area contributed by atoms with Gasteiger partial charge in [-0.3, -0.25) is 0 Å². The highest BCUT2D eigenvalue weighted by Gasteiger charge is 2.19. The summed E-state index contributed by atoms with van der Waals surface area (Å²) in [6.45, 7) is 2.40. The van der Waals surface area contributed by atoms with E-state index in [4.69, 9.17) is 0 Å². The fraction of sp³-hybridized carbons (Fsp3) is 0.333. The summed E-state index contributed by atoms with van der Waals surface area (Å²) in [5, 5.41) is 0. The van der Waals surface area contributed by atoms with E-state index in [-0.39, 0.29) is 5.82 Å². The second-order valence-electron chi connectivity index (χ2n) is 5.45. The van der Waals surface area contributed by atoms with Crippen molar-refractivity contribution in [2.75, 3.05) is 18.0 Å². The van der Waals surface area contributed by atoms with Crippen molar-refractivity contribution in [1.29, 1.82) is 0 Å². The highest BCUT2D eigenvalue weighted by atomic mass is 19.1. The van der Waals surface area contributed by atoms with Crippen LogP contribution in [0.15, 0.2) is 48.5 Å². The number of anilines is 1. The summed E-state index contributed by atoms with van der Waals surface area (Å²) < 4.78 is 12.8. The van der Waals surface area contributed by atoms with Crippen molar-refractivity contribution in [1.82, 2.24) is 0 Å². The van der Waals surface area contributed by atoms with Gasteiger partial charge in [0.15, 0.2) is 0 Å². The molecule has 1 fully saturated rings. The van der Waals surface area contributed by atoms with Gasteiger partial charge in [0.05, 0.1) is 0 Å². The minimum atomic E-state index is -0.152. The van der Waals surface area contributed by atoms with E-state index in [2.05, 4.69) is 29.2 Å². The second-order valence-corrected chi connectivity index (χ2v) is 5.45. The molecule has 2 aromatic carbocycles. The fourth-order valence-corrected chi connectivity index (χ4v) is 2.62. The maximum atomic E-state index is 12.8. The number of unbranched alkanes of at least 4 members (excludes halogenated alkanes) is 1. The van der Waals surface area contributed by atoms with Crippen LogP contribution in [-0.2, 0) is 12.8 Å². The molecule has 1 aliphatic rings. The van der Waals surface area contributed by atoms with E-state index in [1.807, 2.05) is 12.1 Å². The van der Waals surface area contributed by atoms with Crippen LogP contribution in [0.25, 0.3) is 0 Å². The van der Waals surface area contributed by atoms with Crippen LogP contribution in [0.2, 0.25) is 0 Å². The Hall–Kier alpha value is -1.83. The summed E-state index contributed by atoms with van der Waals surface area (Å²) >= 11 is 0. The van der Waals surface area contributed by atoms with Crippen molar-refractivity contribution in [3.05, 3.63) is 65.5 Å². The Kier molecular flexibility index (Phi) is 4.00. The second kappa shape index (κ2) is 6.08. The molecule has 20 heavy (non-hydrogen) atoms. The standard InChI is InChI=1S/C18H20FN/c19-17-11-9-15(10-12-17)5-1-2-6-16-7-3-4-8-18(16)20-13-14-20/h3-4,7-12H,1-2,5-6,13-14H2. The first-order chi connectivity index (χ1) is 9.83. The maximum Gasteiger partial charge on any atom is 0.123 e. The van der Waals surface area contributed by atoms with Gasteiger partial charge in [0.25, 0.3) is 0 Å². The van der Waals surface area contributed by atoms with Crippen LogP contribution in [0.4, 0.5) is 10.1 Å². The monoisotopic (exact) mass is 269 g/mol. The van der Waals surface area contributed by atoms with Crippen molar-refractivity contribution >= 4 is 5.69 Å². The van der Waals surface area contributed by atoms with E-state index in [1.165, 1.54) is 36.3 Å². The van der Waals surface area contributed by atoms with Crippen LogP contribution in [0.1, 0.15) is 24.0 Å². The minimum Gasteiger partial charge on any atom is -0.368 e. The predicted molar refractivity (Wildman–Crippen MR) is 81.7 cm³/mol. The lowest BCUT2D eigenvalue weighted by molar-refractivity contribution is 0.626. The van der Waals surface area contributed by atoms with Gasteiger partial charge in [0.2, 0.25) is 0 Å². The maximum absolute atomic E-state index is 12.8. The van der Waals surface area contributed by atoms with E-state index in [0.29, 0.717) is 0 Å². The number of aryl methyl sites for hydroxylation is 2. The minimum absolute atomic E-state index is 0.152. The third-order valence-electron chi connectivity index (χ3n) is 3.85. The van der Waals surface area contributed by atoms with Crippen LogP contribution < -0.4 is 4.90 Å². The van der Waals surface area contributed by atoms with E-state index >= 15 is 0 Å². The zero-order valence-corrected chi connectivity index (χ0v) is 11.7. The lowest BCUT2D eigenvalue weighted by Gasteiger charge is -2.10. The average Bonchev–Trinajstić information content (AvgIpc) is 3.30. The molecule has 104 valence electrons. The smallest absolute Gasteiger partial charge is 0.123 e. The molecule has 3 rings (SSSR count). The SMILES string of the molecule is Fc1ccc(CCCCc2ccccc2N2CC2)cc1. The van der Waals surface area contributed by atoms with E-state index in [9.17, 15) is 4.39 Å². The summed E-state index contributed by atoms with van der Waals surface area (Å²) in [6.07, 6.45) is 4.50. The Balaban J connectivity index is 1.49. The number of hydrogen-bond acceptors (Lipinski definition) is 1. The van der Waals surface area contributed by atoms with Crippen LogP contribution in [0, 0.1) is 5.82 Å². The topological polar surface area (TPSA) is 3.01 Å². The molecule has 0 unspecified atom stereocenters. The van der Waals surface area contributed by atoms with Gasteiger partial charge in [-0.25, -0.2) is 4.39 Å². The number of benzene rings is 2. The molecule has 1 aliphatic heterocycles. The van der Waals surface area contributed by atoms with Crippen molar-refractivity contribution in [3.8, 4) is 0 Å². The first kappa shape index (κ1) is 13.2. The van der Waals surface area contributed by atoms with Gasteiger partial charge >= 0.3 is 0 Å². The van der Waals surface area contributed by atoms with Crippen molar-refractivity contribution < 1.29 is 4.39 Å². The molecule has 0 bridgehead atoms. The lowest BCUT2D eigenvalue weighted by Crippen LogP contribution is -1.97. The highest BCUT2D eigenvalue weighted by Crippen LogP contribution is 2.26. The Morgan fingerprint density at radius 1 is 0.850 bits per heavy atom. The van der Waals surface area contributed by atoms with Crippen LogP contribution >= 0.6 is 0 Å². The van der Waals surface area contributed by atoms with Gasteiger partial charge in [0, 0.05) is 18.8 Å². The fourth-order valence-electron chi connectivity index (χ4n) is 2.62. The Morgan fingerprint density at radius 2 is 1.55 bits per heavy atom. The number of hydrogen-bond donors (Lipinski definition) is 0. The van der Waals surface area contributed by atoms with Crippen molar-refractivity contribution in [3.63, 3.8) is 0 Å². The van der Waals surface area contributed by atoms with Gasteiger partial charge in [-0.2, -0.15) is 0 Å². The molecule has 2 aromatic rings. The molecule has 0 saturated carbocycles. The van der Waals surface area contributed by atoms with E-state index in [1.54, 1.807) is 12.1 Å². The summed E-state index contributed by atoms with van der Waals surface area (Å²) in [5.41, 5.74) is 4.10. The van der Waals surface area contributed by atoms with E-state index in [0.717, 1.165) is 19.3 Å². The largest absolute Gasteiger partial charge is 0.368 e. The molecule has 0 atom stereocenters. The number of rotatable bonds is 6. The first-order valence-corrected chi connectivity index (χ1v) is 7.40. The number of nitrogens with zero attached hydrogens (tertiary/aromatic N) is 1. The molecule has 0 aromatic heterocycles. The molecule has 0 amide bonds. The molecule has 1 nitrogen and oxygen atoms in total. The van der Waals surface area contributed by atoms with Gasteiger partial charge in [-0.05, 0) is 55.0 Å². The van der Waals surface area contributed by atoms with Gasteiger partial charge in [-0.1, -0.05) is 30.3 Å². The van der Waals surface area contributed by atoms with Crippen molar-refractivity contribution in [2.45, 2.75) is 25.7 Å². The molecular formula is C18H20FN. The summed E-state index contributed by atoms with van der Waals surface area (Å²) in [5.74, 6) is -0.152. The highest BCUT2D eigenvalue weighted by molar-refractivity contribution is 5.57. The van der Waals surface area contributed by atoms with Crippen LogP contribution in [-0.4, -0.2) is 13.1 Å². The third-order valence-corrected chi connectivity index (χ3v) is 3.85. The molecule has 0 aliphatic carbocycles. The first-order valence-electron chi connectivity index (χ1n) is 7.40. The Morgan fingerprint density at radius 3 is 2.30 bits per heavy atom. The summed E-state index contributed by atoms with van der Waals surface area (Å²) in [7, 11) is 0. The van der Waals surface area contributed by atoms with Gasteiger partial charge in [0.1, 0.15) is 5.82 Å². The quantitative estimate of drug-likeness (QED) is 0.561. The normalized spacial score (nSPS) is 13.6.